The van der Waals surface area contributed by atoms with Crippen LogP contribution in [0.4, 0.5) is 0 Å². The molecule has 148 valence electrons. The lowest BCUT2D eigenvalue weighted by atomic mass is 10.1. The summed E-state index contributed by atoms with van der Waals surface area (Å²) in [7, 11) is 1.62. The third-order valence-electron chi connectivity index (χ3n) is 4.83. The summed E-state index contributed by atoms with van der Waals surface area (Å²) >= 11 is 0. The number of carbonyl (C=O) groups excluding carboxylic acids is 2. The molecule has 2 amide bonds. The molecule has 0 radical (unpaired) electrons. The Bertz CT molecular complexity index is 769. The standard InChI is InChI=1S/C22H26N2O4/c1-27-19-9-7-18(8-10-19)17-22(26)24-14-12-23(13-15-24)21(25)11-16-28-20-5-3-2-4-6-20/h2-10H,11-17H2,1H3. The number of nitrogens with zero attached hydrogens (tertiary/aromatic N) is 2. The third-order valence-corrected chi connectivity index (χ3v) is 4.83. The molecule has 0 atom stereocenters. The summed E-state index contributed by atoms with van der Waals surface area (Å²) in [5.74, 6) is 1.70. The van der Waals surface area contributed by atoms with Crippen molar-refractivity contribution in [3.63, 3.8) is 0 Å². The smallest absolute Gasteiger partial charge is 0.227 e. The molecule has 1 aliphatic rings. The summed E-state index contributed by atoms with van der Waals surface area (Å²) in [6.07, 6.45) is 0.706. The van der Waals surface area contributed by atoms with Crippen LogP contribution in [0.5, 0.6) is 11.5 Å². The molecule has 0 bridgehead atoms. The molecule has 2 aromatic rings. The van der Waals surface area contributed by atoms with E-state index in [-0.39, 0.29) is 11.8 Å². The molecule has 1 aliphatic heterocycles. The highest BCUT2D eigenvalue weighted by molar-refractivity contribution is 5.80. The van der Waals surface area contributed by atoms with Gasteiger partial charge in [-0.3, -0.25) is 9.59 Å². The number of amides is 2. The molecule has 0 aliphatic carbocycles. The van der Waals surface area contributed by atoms with Gasteiger partial charge in [-0.05, 0) is 29.8 Å². The first-order valence-electron chi connectivity index (χ1n) is 9.52. The Labute approximate surface area is 165 Å². The van der Waals surface area contributed by atoms with E-state index in [2.05, 4.69) is 0 Å². The van der Waals surface area contributed by atoms with Crippen LogP contribution in [0.25, 0.3) is 0 Å². The molecule has 3 rings (SSSR count). The normalized spacial score (nSPS) is 13.9. The molecule has 0 saturated carbocycles. The van der Waals surface area contributed by atoms with Gasteiger partial charge in [-0.2, -0.15) is 0 Å². The molecule has 2 aromatic carbocycles. The fourth-order valence-corrected chi connectivity index (χ4v) is 3.17. The van der Waals surface area contributed by atoms with E-state index in [0.29, 0.717) is 45.6 Å². The number of piperazine rings is 1. The topological polar surface area (TPSA) is 59.1 Å². The van der Waals surface area contributed by atoms with Crippen LogP contribution in [0.2, 0.25) is 0 Å². The van der Waals surface area contributed by atoms with Gasteiger partial charge in [-0.25, -0.2) is 0 Å². The number of hydrogen-bond acceptors (Lipinski definition) is 4. The van der Waals surface area contributed by atoms with Crippen molar-refractivity contribution in [2.75, 3.05) is 39.9 Å². The van der Waals surface area contributed by atoms with Gasteiger partial charge in [0.1, 0.15) is 11.5 Å². The SMILES string of the molecule is COc1ccc(CC(=O)N2CCN(C(=O)CCOc3ccccc3)CC2)cc1. The molecule has 1 saturated heterocycles. The zero-order chi connectivity index (χ0) is 19.8. The zero-order valence-electron chi connectivity index (χ0n) is 16.2. The van der Waals surface area contributed by atoms with Crippen molar-refractivity contribution >= 4 is 11.8 Å². The molecule has 6 heteroatoms. The second-order valence-electron chi connectivity index (χ2n) is 6.70. The van der Waals surface area contributed by atoms with Gasteiger partial charge in [0.15, 0.2) is 0 Å². The van der Waals surface area contributed by atoms with Crippen molar-refractivity contribution in [2.45, 2.75) is 12.8 Å². The average molecular weight is 382 g/mol. The fourth-order valence-electron chi connectivity index (χ4n) is 3.17. The van der Waals surface area contributed by atoms with Gasteiger partial charge in [-0.1, -0.05) is 30.3 Å². The van der Waals surface area contributed by atoms with Gasteiger partial charge in [0.05, 0.1) is 26.6 Å². The van der Waals surface area contributed by atoms with Crippen molar-refractivity contribution in [2.24, 2.45) is 0 Å². The van der Waals surface area contributed by atoms with E-state index in [1.54, 1.807) is 7.11 Å². The Kier molecular flexibility index (Phi) is 6.89. The number of benzene rings is 2. The Morgan fingerprint density at radius 1 is 0.821 bits per heavy atom. The second kappa shape index (κ2) is 9.78. The summed E-state index contributed by atoms with van der Waals surface area (Å²) in [5.41, 5.74) is 0.961. The highest BCUT2D eigenvalue weighted by Gasteiger charge is 2.24. The van der Waals surface area contributed by atoms with Crippen LogP contribution in [-0.2, 0) is 16.0 Å². The lowest BCUT2D eigenvalue weighted by Crippen LogP contribution is -2.51. The molecule has 0 N–H and O–H groups in total. The predicted molar refractivity (Wildman–Crippen MR) is 106 cm³/mol. The van der Waals surface area contributed by atoms with Crippen LogP contribution in [-0.4, -0.2) is 61.5 Å². The van der Waals surface area contributed by atoms with Gasteiger partial charge in [-0.15, -0.1) is 0 Å². The van der Waals surface area contributed by atoms with E-state index in [1.165, 1.54) is 0 Å². The Hall–Kier alpha value is -3.02. The fraction of sp³-hybridized carbons (Fsp3) is 0.364. The Balaban J connectivity index is 1.39. The number of methoxy groups -OCH3 is 1. The maximum atomic E-state index is 12.5. The maximum absolute atomic E-state index is 12.5. The monoisotopic (exact) mass is 382 g/mol. The minimum atomic E-state index is 0.0678. The molecular formula is C22H26N2O4. The van der Waals surface area contributed by atoms with Gasteiger partial charge >= 0.3 is 0 Å². The zero-order valence-corrected chi connectivity index (χ0v) is 16.2. The maximum Gasteiger partial charge on any atom is 0.227 e. The highest BCUT2D eigenvalue weighted by Crippen LogP contribution is 2.14. The molecule has 0 spiro atoms. The second-order valence-corrected chi connectivity index (χ2v) is 6.70. The number of hydrogen-bond donors (Lipinski definition) is 0. The van der Waals surface area contributed by atoms with E-state index in [0.717, 1.165) is 17.1 Å². The van der Waals surface area contributed by atoms with Crippen molar-refractivity contribution in [3.05, 3.63) is 60.2 Å². The first-order valence-corrected chi connectivity index (χ1v) is 9.52. The van der Waals surface area contributed by atoms with Gasteiger partial charge in [0, 0.05) is 26.2 Å². The number of carbonyl (C=O) groups is 2. The van der Waals surface area contributed by atoms with E-state index in [1.807, 2.05) is 64.4 Å². The summed E-state index contributed by atoms with van der Waals surface area (Å²) in [6.45, 7) is 2.64. The number of rotatable bonds is 7. The average Bonchev–Trinajstić information content (AvgIpc) is 2.75. The first kappa shape index (κ1) is 19.7. The van der Waals surface area contributed by atoms with Crippen LogP contribution < -0.4 is 9.47 Å². The largest absolute Gasteiger partial charge is 0.497 e. The molecule has 0 aromatic heterocycles. The first-order chi connectivity index (χ1) is 13.7. The minimum Gasteiger partial charge on any atom is -0.497 e. The van der Waals surface area contributed by atoms with E-state index in [9.17, 15) is 9.59 Å². The summed E-state index contributed by atoms with van der Waals surface area (Å²) in [4.78, 5) is 28.5. The van der Waals surface area contributed by atoms with E-state index in [4.69, 9.17) is 9.47 Å². The summed E-state index contributed by atoms with van der Waals surface area (Å²) < 4.78 is 10.7. The van der Waals surface area contributed by atoms with Crippen LogP contribution in [0.1, 0.15) is 12.0 Å². The van der Waals surface area contributed by atoms with Gasteiger partial charge < -0.3 is 19.3 Å². The predicted octanol–water partition coefficient (Wildman–Crippen LogP) is 2.38. The van der Waals surface area contributed by atoms with Crippen molar-refractivity contribution in [1.29, 1.82) is 0 Å². The van der Waals surface area contributed by atoms with Crippen molar-refractivity contribution < 1.29 is 19.1 Å². The quantitative estimate of drug-likeness (QED) is 0.738. The van der Waals surface area contributed by atoms with Crippen LogP contribution in [0, 0.1) is 0 Å². The molecule has 1 fully saturated rings. The van der Waals surface area contributed by atoms with Crippen LogP contribution >= 0.6 is 0 Å². The van der Waals surface area contributed by atoms with E-state index >= 15 is 0 Å². The third kappa shape index (κ3) is 5.49. The number of ether oxygens (including phenoxy) is 2. The van der Waals surface area contributed by atoms with Crippen LogP contribution in [0.3, 0.4) is 0 Å². The minimum absolute atomic E-state index is 0.0678. The Morgan fingerprint density at radius 2 is 1.43 bits per heavy atom. The summed E-state index contributed by atoms with van der Waals surface area (Å²) in [6, 6.07) is 17.0. The van der Waals surface area contributed by atoms with E-state index < -0.39 is 0 Å². The molecular weight excluding hydrogens is 356 g/mol. The lowest BCUT2D eigenvalue weighted by molar-refractivity contribution is -0.139. The van der Waals surface area contributed by atoms with Crippen molar-refractivity contribution in [3.8, 4) is 11.5 Å². The highest BCUT2D eigenvalue weighted by atomic mass is 16.5. The van der Waals surface area contributed by atoms with Gasteiger partial charge in [0.25, 0.3) is 0 Å². The molecule has 28 heavy (non-hydrogen) atoms. The molecule has 6 nitrogen and oxygen atoms in total. The van der Waals surface area contributed by atoms with Crippen LogP contribution in [0.15, 0.2) is 54.6 Å². The number of para-hydroxylation sites is 1. The van der Waals surface area contributed by atoms with Gasteiger partial charge in [0.2, 0.25) is 11.8 Å². The Morgan fingerprint density at radius 3 is 2.04 bits per heavy atom. The molecule has 1 heterocycles. The lowest BCUT2D eigenvalue weighted by Gasteiger charge is -2.35. The van der Waals surface area contributed by atoms with Crippen molar-refractivity contribution in [1.82, 2.24) is 9.80 Å². The summed E-state index contributed by atoms with van der Waals surface area (Å²) in [5, 5.41) is 0. The molecule has 0 unspecified atom stereocenters.